The fourth-order valence-corrected chi connectivity index (χ4v) is 4.54. The van der Waals surface area contributed by atoms with Crippen molar-refractivity contribution in [2.24, 2.45) is 5.92 Å². The van der Waals surface area contributed by atoms with Crippen LogP contribution in [0.3, 0.4) is 0 Å². The van der Waals surface area contributed by atoms with Gasteiger partial charge in [0.15, 0.2) is 0 Å². The summed E-state index contributed by atoms with van der Waals surface area (Å²) in [5.74, 6) is 1.48. The highest BCUT2D eigenvalue weighted by atomic mass is 16.3. The zero-order valence-electron chi connectivity index (χ0n) is 15.5. The van der Waals surface area contributed by atoms with Crippen LogP contribution in [-0.4, -0.2) is 53.7 Å². The molecule has 0 saturated carbocycles. The first-order chi connectivity index (χ1) is 12.8. The molecule has 0 aliphatic carbocycles. The number of piperidine rings is 2. The van der Waals surface area contributed by atoms with Gasteiger partial charge in [0.05, 0.1) is 6.26 Å². The van der Waals surface area contributed by atoms with E-state index in [1.54, 1.807) is 6.26 Å². The van der Waals surface area contributed by atoms with Gasteiger partial charge in [-0.2, -0.15) is 0 Å². The average Bonchev–Trinajstić information content (AvgIpc) is 3.23. The normalized spacial score (nSPS) is 23.3. The van der Waals surface area contributed by atoms with Crippen molar-refractivity contribution in [3.8, 4) is 11.3 Å². The topological polar surface area (TPSA) is 39.9 Å². The van der Waals surface area contributed by atoms with Crippen LogP contribution in [0.4, 0.5) is 0 Å². The zero-order chi connectivity index (χ0) is 17.8. The summed E-state index contributed by atoms with van der Waals surface area (Å²) in [6.07, 6.45) is 6.62. The van der Waals surface area contributed by atoms with E-state index >= 15 is 0 Å². The van der Waals surface area contributed by atoms with Crippen LogP contribution in [0.25, 0.3) is 11.3 Å². The molecular formula is C22H30N2O2. The third kappa shape index (κ3) is 4.03. The highest BCUT2D eigenvalue weighted by molar-refractivity contribution is 5.61. The van der Waals surface area contributed by atoms with Gasteiger partial charge in [-0.15, -0.1) is 0 Å². The van der Waals surface area contributed by atoms with Crippen LogP contribution in [0.5, 0.6) is 0 Å². The minimum atomic E-state index is 0.355. The molecule has 4 nitrogen and oxygen atoms in total. The van der Waals surface area contributed by atoms with Crippen molar-refractivity contribution >= 4 is 0 Å². The van der Waals surface area contributed by atoms with Crippen LogP contribution in [0.15, 0.2) is 47.1 Å². The Hall–Kier alpha value is -1.62. The quantitative estimate of drug-likeness (QED) is 0.890. The van der Waals surface area contributed by atoms with Gasteiger partial charge in [-0.25, -0.2) is 0 Å². The number of likely N-dealkylation sites (tertiary alicyclic amines) is 2. The van der Waals surface area contributed by atoms with Gasteiger partial charge in [-0.3, -0.25) is 9.80 Å². The number of nitrogens with zero attached hydrogens (tertiary/aromatic N) is 2. The third-order valence-electron chi connectivity index (χ3n) is 6.10. The van der Waals surface area contributed by atoms with Gasteiger partial charge in [0.2, 0.25) is 0 Å². The lowest BCUT2D eigenvalue weighted by Gasteiger charge is -2.42. The van der Waals surface area contributed by atoms with Crippen LogP contribution >= 0.6 is 0 Å². The second kappa shape index (κ2) is 8.38. The van der Waals surface area contributed by atoms with Crippen LogP contribution in [0, 0.1) is 5.92 Å². The van der Waals surface area contributed by atoms with Crippen molar-refractivity contribution in [1.29, 1.82) is 0 Å². The van der Waals surface area contributed by atoms with E-state index in [-0.39, 0.29) is 0 Å². The van der Waals surface area contributed by atoms with E-state index < -0.39 is 0 Å². The standard InChI is InChI=1S/C22H30N2O2/c25-17-18-9-12-24(13-10-18)20-6-3-11-23(16-20)15-19-5-1-2-7-21(19)22-8-4-14-26-22/h1-2,4-5,7-8,14,18,20,25H,3,6,9-13,15-17H2. The predicted octanol–water partition coefficient (Wildman–Crippen LogP) is 3.62. The second-order valence-electron chi connectivity index (χ2n) is 7.83. The fourth-order valence-electron chi connectivity index (χ4n) is 4.54. The third-order valence-corrected chi connectivity index (χ3v) is 6.10. The van der Waals surface area contributed by atoms with Crippen molar-refractivity contribution < 1.29 is 9.52 Å². The van der Waals surface area contributed by atoms with Gasteiger partial charge in [0.1, 0.15) is 5.76 Å². The summed E-state index contributed by atoms with van der Waals surface area (Å²) in [7, 11) is 0. The summed E-state index contributed by atoms with van der Waals surface area (Å²) in [5, 5.41) is 9.36. The van der Waals surface area contributed by atoms with Crippen molar-refractivity contribution in [3.05, 3.63) is 48.2 Å². The maximum Gasteiger partial charge on any atom is 0.134 e. The van der Waals surface area contributed by atoms with Gasteiger partial charge < -0.3 is 9.52 Å². The summed E-state index contributed by atoms with van der Waals surface area (Å²) < 4.78 is 5.64. The largest absolute Gasteiger partial charge is 0.464 e. The number of benzene rings is 1. The SMILES string of the molecule is OCC1CCN(C2CCCN(Cc3ccccc3-c3ccco3)C2)CC1. The second-order valence-corrected chi connectivity index (χ2v) is 7.83. The predicted molar refractivity (Wildman–Crippen MR) is 104 cm³/mol. The lowest BCUT2D eigenvalue weighted by molar-refractivity contribution is 0.0544. The lowest BCUT2D eigenvalue weighted by atomic mass is 9.94. The highest BCUT2D eigenvalue weighted by Gasteiger charge is 2.28. The fraction of sp³-hybridized carbons (Fsp3) is 0.545. The van der Waals surface area contributed by atoms with Gasteiger partial charge >= 0.3 is 0 Å². The zero-order valence-corrected chi connectivity index (χ0v) is 15.5. The molecule has 1 atom stereocenters. The van der Waals surface area contributed by atoms with Gasteiger partial charge in [0.25, 0.3) is 0 Å². The Morgan fingerprint density at radius 3 is 2.62 bits per heavy atom. The Morgan fingerprint density at radius 2 is 1.85 bits per heavy atom. The monoisotopic (exact) mass is 354 g/mol. The molecule has 2 fully saturated rings. The van der Waals surface area contributed by atoms with E-state index in [4.69, 9.17) is 4.42 Å². The molecule has 1 N–H and O–H groups in total. The summed E-state index contributed by atoms with van der Waals surface area (Å²) >= 11 is 0. The molecule has 0 spiro atoms. The number of aliphatic hydroxyl groups is 1. The van der Waals surface area contributed by atoms with Crippen molar-refractivity contribution in [2.45, 2.75) is 38.3 Å². The summed E-state index contributed by atoms with van der Waals surface area (Å²) in [4.78, 5) is 5.27. The minimum Gasteiger partial charge on any atom is -0.464 e. The van der Waals surface area contributed by atoms with Crippen LogP contribution in [0.2, 0.25) is 0 Å². The Balaban J connectivity index is 1.40. The molecule has 1 aromatic carbocycles. The summed E-state index contributed by atoms with van der Waals surface area (Å²) in [6, 6.07) is 13.3. The highest BCUT2D eigenvalue weighted by Crippen LogP contribution is 2.28. The average molecular weight is 354 g/mol. The van der Waals surface area contributed by atoms with E-state index in [9.17, 15) is 5.11 Å². The molecule has 0 amide bonds. The molecule has 1 aromatic heterocycles. The van der Waals surface area contributed by atoms with Crippen LogP contribution in [0.1, 0.15) is 31.2 Å². The minimum absolute atomic E-state index is 0.355. The number of rotatable bonds is 5. The van der Waals surface area contributed by atoms with Crippen LogP contribution < -0.4 is 0 Å². The first-order valence-corrected chi connectivity index (χ1v) is 10.0. The number of hydrogen-bond acceptors (Lipinski definition) is 4. The molecular weight excluding hydrogens is 324 g/mol. The number of furan rings is 1. The molecule has 0 radical (unpaired) electrons. The number of aliphatic hydroxyl groups excluding tert-OH is 1. The Morgan fingerprint density at radius 1 is 1.00 bits per heavy atom. The molecule has 2 aliphatic rings. The van der Waals surface area contributed by atoms with E-state index in [1.165, 1.54) is 30.5 Å². The van der Waals surface area contributed by atoms with E-state index in [0.717, 1.165) is 44.8 Å². The summed E-state index contributed by atoms with van der Waals surface area (Å²) in [6.45, 7) is 5.96. The van der Waals surface area contributed by atoms with Gasteiger partial charge in [0, 0.05) is 31.3 Å². The number of hydrogen-bond donors (Lipinski definition) is 1. The molecule has 2 aromatic rings. The van der Waals surface area contributed by atoms with Crippen LogP contribution in [-0.2, 0) is 6.54 Å². The Kier molecular flexibility index (Phi) is 5.73. The maximum absolute atomic E-state index is 9.36. The molecule has 2 aliphatic heterocycles. The first-order valence-electron chi connectivity index (χ1n) is 10.0. The molecule has 3 heterocycles. The Bertz CT molecular complexity index is 677. The van der Waals surface area contributed by atoms with Crippen molar-refractivity contribution in [1.82, 2.24) is 9.80 Å². The molecule has 140 valence electrons. The Labute approximate surface area is 156 Å². The molecule has 26 heavy (non-hydrogen) atoms. The maximum atomic E-state index is 9.36. The molecule has 0 bridgehead atoms. The van der Waals surface area contributed by atoms with E-state index in [2.05, 4.69) is 34.1 Å². The van der Waals surface area contributed by atoms with Gasteiger partial charge in [-0.05, 0) is 68.9 Å². The first kappa shape index (κ1) is 17.8. The summed E-state index contributed by atoms with van der Waals surface area (Å²) in [5.41, 5.74) is 2.56. The van der Waals surface area contributed by atoms with E-state index in [1.807, 2.05) is 12.1 Å². The smallest absolute Gasteiger partial charge is 0.134 e. The lowest BCUT2D eigenvalue weighted by Crippen LogP contribution is -2.50. The van der Waals surface area contributed by atoms with Crippen molar-refractivity contribution in [3.63, 3.8) is 0 Å². The molecule has 1 unspecified atom stereocenters. The van der Waals surface area contributed by atoms with Crippen molar-refractivity contribution in [2.75, 3.05) is 32.8 Å². The molecule has 4 rings (SSSR count). The molecule has 2 saturated heterocycles. The van der Waals surface area contributed by atoms with E-state index in [0.29, 0.717) is 18.6 Å². The molecule has 4 heteroatoms. The van der Waals surface area contributed by atoms with Gasteiger partial charge in [-0.1, -0.05) is 24.3 Å².